The van der Waals surface area contributed by atoms with Crippen LogP contribution in [0.15, 0.2) is 0 Å². The van der Waals surface area contributed by atoms with Crippen LogP contribution in [0, 0.1) is 0 Å². The van der Waals surface area contributed by atoms with Gasteiger partial charge in [-0.15, -0.1) is 0 Å². The predicted molar refractivity (Wildman–Crippen MR) is 32.2 cm³/mol. The minimum atomic E-state index is -1.33. The first-order valence-corrected chi connectivity index (χ1v) is 3.67. The third-order valence-electron chi connectivity index (χ3n) is 0. The second-order valence-electron chi connectivity index (χ2n) is 1.08. The molecule has 0 spiro atoms. The number of hydrogen-bond donors (Lipinski definition) is 2. The Kier molecular flexibility index (Phi) is 8.35. The highest BCUT2D eigenvalue weighted by Crippen LogP contribution is 1.47. The number of primary amides is 1. The standard InChI is InChI=1S/C2H6OS.CH3NO2/c1-4(2)3;2-1(3)4/h1-2H3;2H2,(H,3,4). The largest absolute Gasteiger partial charge is 0.465 e. The Morgan fingerprint density at radius 3 is 1.62 bits per heavy atom. The molecule has 1 amide bonds. The molecule has 0 saturated carbocycles. The molecule has 0 aromatic rings. The zero-order valence-electron chi connectivity index (χ0n) is 4.75. The van der Waals surface area contributed by atoms with Crippen LogP contribution >= 0.6 is 0 Å². The highest BCUT2D eigenvalue weighted by molar-refractivity contribution is 7.83. The monoisotopic (exact) mass is 139 g/mol. The van der Waals surface area contributed by atoms with Crippen LogP contribution < -0.4 is 5.73 Å². The molecule has 0 fully saturated rings. The van der Waals surface area contributed by atoms with Gasteiger partial charge in [0.15, 0.2) is 0 Å². The second kappa shape index (κ2) is 6.42. The highest BCUT2D eigenvalue weighted by atomic mass is 32.2. The summed E-state index contributed by atoms with van der Waals surface area (Å²) in [5.74, 6) is 0. The summed E-state index contributed by atoms with van der Waals surface area (Å²) in [6.07, 6.45) is 1.94. The molecular weight excluding hydrogens is 130 g/mol. The molecule has 0 rings (SSSR count). The van der Waals surface area contributed by atoms with E-state index in [9.17, 15) is 4.21 Å². The van der Waals surface area contributed by atoms with Gasteiger partial charge in [0.1, 0.15) is 0 Å². The molecule has 0 unspecified atom stereocenters. The summed E-state index contributed by atoms with van der Waals surface area (Å²) in [5, 5.41) is 7.19. The Bertz CT molecular complexity index is 72.5. The number of rotatable bonds is 0. The molecule has 0 bridgehead atoms. The Hall–Kier alpha value is -0.580. The van der Waals surface area contributed by atoms with Crippen LogP contribution in [-0.4, -0.2) is 27.9 Å². The molecule has 0 atom stereocenters. The van der Waals surface area contributed by atoms with E-state index in [-0.39, 0.29) is 0 Å². The van der Waals surface area contributed by atoms with Crippen molar-refractivity contribution in [3.63, 3.8) is 0 Å². The summed E-state index contributed by atoms with van der Waals surface area (Å²) in [6.45, 7) is 0. The number of hydrogen-bond acceptors (Lipinski definition) is 2. The molecule has 0 heterocycles. The molecule has 4 nitrogen and oxygen atoms in total. The van der Waals surface area contributed by atoms with Gasteiger partial charge in [0.2, 0.25) is 0 Å². The van der Waals surface area contributed by atoms with Crippen LogP contribution in [0.25, 0.3) is 0 Å². The summed E-state index contributed by atoms with van der Waals surface area (Å²) in [6, 6.07) is 0. The van der Waals surface area contributed by atoms with E-state index in [0.717, 1.165) is 0 Å². The van der Waals surface area contributed by atoms with Gasteiger partial charge >= 0.3 is 6.09 Å². The van der Waals surface area contributed by atoms with Crippen molar-refractivity contribution in [3.8, 4) is 0 Å². The van der Waals surface area contributed by atoms with Gasteiger partial charge < -0.3 is 10.8 Å². The molecule has 0 aromatic heterocycles. The summed E-state index contributed by atoms with van der Waals surface area (Å²) in [5.41, 5.74) is 4.03. The summed E-state index contributed by atoms with van der Waals surface area (Å²) in [4.78, 5) is 8.78. The van der Waals surface area contributed by atoms with E-state index < -0.39 is 16.9 Å². The molecule has 8 heavy (non-hydrogen) atoms. The van der Waals surface area contributed by atoms with Gasteiger partial charge in [-0.2, -0.15) is 0 Å². The maximum atomic E-state index is 9.56. The maximum absolute atomic E-state index is 9.56. The topological polar surface area (TPSA) is 80.4 Å². The maximum Gasteiger partial charge on any atom is 0.402 e. The average molecular weight is 139 g/mol. The summed E-state index contributed by atoms with van der Waals surface area (Å²) >= 11 is 0. The fourth-order valence-corrected chi connectivity index (χ4v) is 0. The van der Waals surface area contributed by atoms with Crippen molar-refractivity contribution in [2.45, 2.75) is 0 Å². The molecule has 0 aliphatic rings. The van der Waals surface area contributed by atoms with Crippen molar-refractivity contribution in [2.24, 2.45) is 5.73 Å². The molecule has 3 N–H and O–H groups in total. The zero-order valence-corrected chi connectivity index (χ0v) is 5.57. The average Bonchev–Trinajstić information content (AvgIpc) is 1.25. The van der Waals surface area contributed by atoms with E-state index in [1.807, 2.05) is 0 Å². The van der Waals surface area contributed by atoms with Gasteiger partial charge in [-0.05, 0) is 0 Å². The van der Waals surface area contributed by atoms with Crippen LogP contribution in [0.3, 0.4) is 0 Å². The van der Waals surface area contributed by atoms with E-state index in [4.69, 9.17) is 9.90 Å². The third-order valence-corrected chi connectivity index (χ3v) is 0. The first-order valence-electron chi connectivity index (χ1n) is 1.70. The molecule has 0 aliphatic heterocycles. The lowest BCUT2D eigenvalue weighted by molar-refractivity contribution is 0.205. The molecule has 0 aliphatic carbocycles. The zero-order chi connectivity index (χ0) is 7.15. The van der Waals surface area contributed by atoms with Crippen LogP contribution in [-0.2, 0) is 10.8 Å². The van der Waals surface area contributed by atoms with Crippen molar-refractivity contribution in [1.29, 1.82) is 0 Å². The Balaban J connectivity index is 0. The van der Waals surface area contributed by atoms with Gasteiger partial charge in [-0.3, -0.25) is 4.21 Å². The van der Waals surface area contributed by atoms with Crippen LogP contribution in [0.4, 0.5) is 4.79 Å². The SMILES string of the molecule is CS(C)=O.NC(=O)O. The fraction of sp³-hybridized carbons (Fsp3) is 0.667. The van der Waals surface area contributed by atoms with E-state index in [2.05, 4.69) is 5.73 Å². The van der Waals surface area contributed by atoms with Crippen LogP contribution in [0.2, 0.25) is 0 Å². The highest BCUT2D eigenvalue weighted by Gasteiger charge is 1.65. The van der Waals surface area contributed by atoms with E-state index in [1.54, 1.807) is 12.5 Å². The lowest BCUT2D eigenvalue weighted by Crippen LogP contribution is -2.03. The lowest BCUT2D eigenvalue weighted by Gasteiger charge is -1.61. The Morgan fingerprint density at radius 1 is 1.62 bits per heavy atom. The quantitative estimate of drug-likeness (QED) is 0.480. The Morgan fingerprint density at radius 2 is 1.62 bits per heavy atom. The van der Waals surface area contributed by atoms with Crippen molar-refractivity contribution in [3.05, 3.63) is 0 Å². The minimum Gasteiger partial charge on any atom is -0.465 e. The van der Waals surface area contributed by atoms with Gasteiger partial charge in [0.05, 0.1) is 0 Å². The molecule has 0 radical (unpaired) electrons. The number of nitrogens with two attached hydrogens (primary N) is 1. The second-order valence-corrected chi connectivity index (χ2v) is 2.56. The predicted octanol–water partition coefficient (Wildman–Crippen LogP) is -0.382. The molecular formula is C3H9NO3S. The van der Waals surface area contributed by atoms with Crippen LogP contribution in [0.5, 0.6) is 0 Å². The van der Waals surface area contributed by atoms with Gasteiger partial charge in [-0.1, -0.05) is 0 Å². The van der Waals surface area contributed by atoms with Gasteiger partial charge in [0, 0.05) is 23.3 Å². The normalized spacial score (nSPS) is 7.38. The molecule has 50 valence electrons. The minimum absolute atomic E-state index is 0.611. The van der Waals surface area contributed by atoms with E-state index >= 15 is 0 Å². The molecule has 0 aromatic carbocycles. The lowest BCUT2D eigenvalue weighted by atomic mass is 11.3. The van der Waals surface area contributed by atoms with E-state index in [0.29, 0.717) is 0 Å². The van der Waals surface area contributed by atoms with E-state index in [1.165, 1.54) is 0 Å². The van der Waals surface area contributed by atoms with Gasteiger partial charge in [0.25, 0.3) is 0 Å². The van der Waals surface area contributed by atoms with Crippen molar-refractivity contribution >= 4 is 16.9 Å². The van der Waals surface area contributed by atoms with Crippen molar-refractivity contribution < 1.29 is 14.1 Å². The number of amides is 1. The first kappa shape index (κ1) is 10.4. The Labute approximate surface area is 50.1 Å². The molecule has 5 heteroatoms. The smallest absolute Gasteiger partial charge is 0.402 e. The summed E-state index contributed by atoms with van der Waals surface area (Å²) < 4.78 is 9.56. The summed E-state index contributed by atoms with van der Waals surface area (Å²) in [7, 11) is -0.611. The van der Waals surface area contributed by atoms with Gasteiger partial charge in [-0.25, -0.2) is 4.79 Å². The number of carboxylic acid groups (broad SMARTS) is 1. The number of carbonyl (C=O) groups is 1. The first-order chi connectivity index (χ1) is 3.46. The van der Waals surface area contributed by atoms with Crippen molar-refractivity contribution in [2.75, 3.05) is 12.5 Å². The molecule has 0 saturated heterocycles. The van der Waals surface area contributed by atoms with Crippen LogP contribution in [0.1, 0.15) is 0 Å². The fourth-order valence-electron chi connectivity index (χ4n) is 0. The third kappa shape index (κ3) is 315. The van der Waals surface area contributed by atoms with Crippen molar-refractivity contribution in [1.82, 2.24) is 0 Å².